The van der Waals surface area contributed by atoms with Crippen LogP contribution in [0.25, 0.3) is 11.1 Å². The average molecular weight is 343 g/mol. The number of likely N-dealkylation sites (tertiary alicyclic amines) is 1. The van der Waals surface area contributed by atoms with Gasteiger partial charge < -0.3 is 14.1 Å². The highest BCUT2D eigenvalue weighted by molar-refractivity contribution is 5.81. The zero-order valence-corrected chi connectivity index (χ0v) is 14.7. The zero-order valence-electron chi connectivity index (χ0n) is 14.7. The number of para-hydroxylation sites is 2. The van der Waals surface area contributed by atoms with Crippen molar-refractivity contribution < 1.29 is 13.9 Å². The van der Waals surface area contributed by atoms with Crippen LogP contribution in [-0.2, 0) is 9.53 Å². The lowest BCUT2D eigenvalue weighted by Crippen LogP contribution is -2.52. The normalized spacial score (nSPS) is 21.6. The number of aromatic nitrogens is 1. The molecule has 6 nitrogen and oxygen atoms in total. The third-order valence-electron chi connectivity index (χ3n) is 5.42. The fourth-order valence-electron chi connectivity index (χ4n) is 3.80. The van der Waals surface area contributed by atoms with Gasteiger partial charge in [-0.25, -0.2) is 4.98 Å². The van der Waals surface area contributed by atoms with Gasteiger partial charge >= 0.3 is 0 Å². The molecule has 0 N–H and O–H groups in total. The Morgan fingerprint density at radius 2 is 1.88 bits per heavy atom. The van der Waals surface area contributed by atoms with E-state index in [2.05, 4.69) is 9.88 Å². The fraction of sp³-hybridized carbons (Fsp3) is 0.579. The molecule has 0 radical (unpaired) electrons. The smallest absolute Gasteiger partial charge is 0.239 e. The first-order chi connectivity index (χ1) is 12.2. The second-order valence-corrected chi connectivity index (χ2v) is 6.94. The number of oxazole rings is 1. The van der Waals surface area contributed by atoms with Gasteiger partial charge in [-0.05, 0) is 45.0 Å². The van der Waals surface area contributed by atoms with Gasteiger partial charge in [0.2, 0.25) is 5.91 Å². The number of nitrogens with zero attached hydrogens (tertiary/aromatic N) is 3. The number of ether oxygens (including phenoxy) is 1. The van der Waals surface area contributed by atoms with Crippen molar-refractivity contribution in [3.63, 3.8) is 0 Å². The van der Waals surface area contributed by atoms with Crippen LogP contribution in [0.1, 0.15) is 31.6 Å². The van der Waals surface area contributed by atoms with E-state index in [0.717, 1.165) is 42.9 Å². The van der Waals surface area contributed by atoms with E-state index in [1.165, 1.54) is 0 Å². The molecular formula is C19H25N3O3. The summed E-state index contributed by atoms with van der Waals surface area (Å²) in [4.78, 5) is 21.5. The maximum Gasteiger partial charge on any atom is 0.239 e. The highest BCUT2D eigenvalue weighted by Crippen LogP contribution is 2.30. The highest BCUT2D eigenvalue weighted by Gasteiger charge is 2.31. The Morgan fingerprint density at radius 3 is 2.60 bits per heavy atom. The molecule has 3 heterocycles. The predicted octanol–water partition coefficient (Wildman–Crippen LogP) is 2.25. The Kier molecular flexibility index (Phi) is 4.72. The molecule has 2 aromatic rings. The Bertz CT molecular complexity index is 697. The second-order valence-electron chi connectivity index (χ2n) is 6.94. The number of carbonyl (C=O) groups is 1. The number of rotatable bonds is 3. The van der Waals surface area contributed by atoms with E-state index in [-0.39, 0.29) is 11.9 Å². The van der Waals surface area contributed by atoms with Crippen LogP contribution < -0.4 is 0 Å². The molecule has 4 rings (SSSR count). The first-order valence-corrected chi connectivity index (χ1v) is 9.18. The molecule has 1 atom stereocenters. The van der Waals surface area contributed by atoms with Crippen molar-refractivity contribution >= 4 is 17.0 Å². The molecular weight excluding hydrogens is 318 g/mol. The van der Waals surface area contributed by atoms with Crippen molar-refractivity contribution in [1.29, 1.82) is 0 Å². The van der Waals surface area contributed by atoms with Crippen LogP contribution in [0.5, 0.6) is 0 Å². The van der Waals surface area contributed by atoms with Crippen LogP contribution in [-0.4, -0.2) is 66.1 Å². The molecule has 1 aromatic heterocycles. The number of amides is 1. The Labute approximate surface area is 147 Å². The number of hydrogen-bond acceptors (Lipinski definition) is 5. The molecule has 1 aromatic carbocycles. The van der Waals surface area contributed by atoms with Gasteiger partial charge in [-0.2, -0.15) is 0 Å². The summed E-state index contributed by atoms with van der Waals surface area (Å²) < 4.78 is 11.3. The lowest BCUT2D eigenvalue weighted by Gasteiger charge is -2.37. The van der Waals surface area contributed by atoms with Crippen molar-refractivity contribution in [3.05, 3.63) is 30.2 Å². The summed E-state index contributed by atoms with van der Waals surface area (Å²) in [6.07, 6.45) is 1.96. The van der Waals surface area contributed by atoms with Crippen molar-refractivity contribution in [3.8, 4) is 0 Å². The molecule has 2 aliphatic heterocycles. The van der Waals surface area contributed by atoms with Gasteiger partial charge in [0.1, 0.15) is 5.52 Å². The van der Waals surface area contributed by atoms with Crippen molar-refractivity contribution in [1.82, 2.24) is 14.8 Å². The minimum atomic E-state index is -0.0670. The van der Waals surface area contributed by atoms with E-state index in [1.807, 2.05) is 36.1 Å². The summed E-state index contributed by atoms with van der Waals surface area (Å²) in [5.74, 6) is 1.41. The van der Waals surface area contributed by atoms with E-state index in [1.54, 1.807) is 0 Å². The summed E-state index contributed by atoms with van der Waals surface area (Å²) in [5, 5.41) is 0. The highest BCUT2D eigenvalue weighted by atomic mass is 16.5. The summed E-state index contributed by atoms with van der Waals surface area (Å²) in [6, 6.07) is 7.84. The monoisotopic (exact) mass is 343 g/mol. The van der Waals surface area contributed by atoms with E-state index >= 15 is 0 Å². The molecule has 2 fully saturated rings. The number of morpholine rings is 1. The van der Waals surface area contributed by atoms with Gasteiger partial charge in [0.15, 0.2) is 11.5 Å². The number of hydrogen-bond donors (Lipinski definition) is 0. The molecule has 2 aliphatic rings. The van der Waals surface area contributed by atoms with Crippen molar-refractivity contribution in [2.75, 3.05) is 39.4 Å². The van der Waals surface area contributed by atoms with Crippen LogP contribution in [0.2, 0.25) is 0 Å². The number of fused-ring (bicyclic) bond motifs is 1. The van der Waals surface area contributed by atoms with Crippen LogP contribution in [0.3, 0.4) is 0 Å². The molecule has 134 valence electrons. The van der Waals surface area contributed by atoms with E-state index in [9.17, 15) is 4.79 Å². The van der Waals surface area contributed by atoms with Gasteiger partial charge in [0, 0.05) is 19.0 Å². The largest absolute Gasteiger partial charge is 0.440 e. The third-order valence-corrected chi connectivity index (χ3v) is 5.42. The average Bonchev–Trinajstić information content (AvgIpc) is 3.12. The minimum absolute atomic E-state index is 0.0670. The first kappa shape index (κ1) is 16.5. The number of carbonyl (C=O) groups excluding carboxylic acids is 1. The molecule has 2 saturated heterocycles. The lowest BCUT2D eigenvalue weighted by atomic mass is 9.95. The van der Waals surface area contributed by atoms with Crippen LogP contribution in [0.4, 0.5) is 0 Å². The van der Waals surface area contributed by atoms with Crippen LogP contribution >= 0.6 is 0 Å². The van der Waals surface area contributed by atoms with Gasteiger partial charge in [-0.15, -0.1) is 0 Å². The molecule has 6 heteroatoms. The van der Waals surface area contributed by atoms with Gasteiger partial charge in [0.25, 0.3) is 0 Å². The molecule has 0 bridgehead atoms. The maximum atomic E-state index is 12.7. The van der Waals surface area contributed by atoms with Gasteiger partial charge in [0.05, 0.1) is 19.3 Å². The number of benzene rings is 1. The van der Waals surface area contributed by atoms with Crippen LogP contribution in [0.15, 0.2) is 28.7 Å². The van der Waals surface area contributed by atoms with Gasteiger partial charge in [-0.1, -0.05) is 12.1 Å². The maximum absolute atomic E-state index is 12.7. The molecule has 0 aliphatic carbocycles. The summed E-state index contributed by atoms with van der Waals surface area (Å²) in [5.41, 5.74) is 1.78. The lowest BCUT2D eigenvalue weighted by molar-refractivity contribution is -0.141. The van der Waals surface area contributed by atoms with Crippen molar-refractivity contribution in [2.45, 2.75) is 31.7 Å². The third kappa shape index (κ3) is 3.41. The van der Waals surface area contributed by atoms with E-state index in [0.29, 0.717) is 32.2 Å². The summed E-state index contributed by atoms with van der Waals surface area (Å²) >= 11 is 0. The SMILES string of the molecule is CC(C(=O)N1CCOCC1)N1CCC(c2nc3ccccc3o2)CC1. The topological polar surface area (TPSA) is 58.8 Å². The van der Waals surface area contributed by atoms with Crippen molar-refractivity contribution in [2.24, 2.45) is 0 Å². The molecule has 0 saturated carbocycles. The van der Waals surface area contributed by atoms with Crippen LogP contribution in [0, 0.1) is 0 Å². The standard InChI is InChI=1S/C19H25N3O3/c1-14(19(23)22-10-12-24-13-11-22)21-8-6-15(7-9-21)18-20-16-4-2-3-5-17(16)25-18/h2-5,14-15H,6-13H2,1H3. The first-order valence-electron chi connectivity index (χ1n) is 9.18. The molecule has 1 amide bonds. The summed E-state index contributed by atoms with van der Waals surface area (Å²) in [7, 11) is 0. The molecule has 25 heavy (non-hydrogen) atoms. The second kappa shape index (κ2) is 7.14. The quantitative estimate of drug-likeness (QED) is 0.855. The van der Waals surface area contributed by atoms with E-state index < -0.39 is 0 Å². The summed E-state index contributed by atoms with van der Waals surface area (Å²) in [6.45, 7) is 6.56. The fourth-order valence-corrected chi connectivity index (χ4v) is 3.80. The minimum Gasteiger partial charge on any atom is -0.440 e. The van der Waals surface area contributed by atoms with Gasteiger partial charge in [-0.3, -0.25) is 9.69 Å². The molecule has 1 unspecified atom stereocenters. The zero-order chi connectivity index (χ0) is 17.2. The Balaban J connectivity index is 1.36. The Hall–Kier alpha value is -1.92. The predicted molar refractivity (Wildman–Crippen MR) is 94.4 cm³/mol. The molecule has 0 spiro atoms. The number of piperidine rings is 1. The Morgan fingerprint density at radius 1 is 1.16 bits per heavy atom. The van der Waals surface area contributed by atoms with E-state index in [4.69, 9.17) is 9.15 Å².